The third-order valence-corrected chi connectivity index (χ3v) is 4.49. The van der Waals surface area contributed by atoms with Gasteiger partial charge in [0.05, 0.1) is 17.0 Å². The Bertz CT molecular complexity index is 629. The van der Waals surface area contributed by atoms with E-state index in [2.05, 4.69) is 31.9 Å². The van der Waals surface area contributed by atoms with Gasteiger partial charge in [-0.1, -0.05) is 27.5 Å². The van der Waals surface area contributed by atoms with Crippen LogP contribution < -0.4 is 4.74 Å². The maximum atomic E-state index is 13.5. The molecule has 106 valence electrons. The van der Waals surface area contributed by atoms with Crippen molar-refractivity contribution < 1.29 is 9.13 Å². The number of alkyl halides is 1. The van der Waals surface area contributed by atoms with E-state index in [1.807, 2.05) is 6.07 Å². The lowest BCUT2D eigenvalue weighted by Gasteiger charge is -2.16. The second kappa shape index (κ2) is 6.65. The molecule has 0 saturated heterocycles. The Hall–Kier alpha value is -0.290. The molecule has 0 aromatic heterocycles. The molecule has 0 heterocycles. The molecule has 2 rings (SSSR count). The predicted molar refractivity (Wildman–Crippen MR) is 87.5 cm³/mol. The number of hydrogen-bond acceptors (Lipinski definition) is 1. The Morgan fingerprint density at radius 1 is 1.15 bits per heavy atom. The summed E-state index contributed by atoms with van der Waals surface area (Å²) in [5.41, 5.74) is 1.46. The van der Waals surface area contributed by atoms with Crippen LogP contribution in [0.5, 0.6) is 5.75 Å². The quantitative estimate of drug-likeness (QED) is 0.504. The smallest absolute Gasteiger partial charge is 0.141 e. The van der Waals surface area contributed by atoms with Crippen molar-refractivity contribution in [2.75, 3.05) is 7.11 Å². The Balaban J connectivity index is 2.52. The lowest BCUT2D eigenvalue weighted by molar-refractivity contribution is 0.406. The molecule has 0 spiro atoms. The SMILES string of the molecule is COc1cc(F)c(Br)cc1C(Cl)c1cc(Cl)cc(Br)c1. The number of methoxy groups -OCH3 is 1. The molecule has 20 heavy (non-hydrogen) atoms. The lowest BCUT2D eigenvalue weighted by Crippen LogP contribution is -1.99. The van der Waals surface area contributed by atoms with E-state index in [0.717, 1.165) is 10.0 Å². The third kappa shape index (κ3) is 3.48. The Morgan fingerprint density at radius 2 is 1.85 bits per heavy atom. The van der Waals surface area contributed by atoms with Crippen LogP contribution in [0.2, 0.25) is 5.02 Å². The summed E-state index contributed by atoms with van der Waals surface area (Å²) in [6.07, 6.45) is 0. The first-order valence-electron chi connectivity index (χ1n) is 5.55. The summed E-state index contributed by atoms with van der Waals surface area (Å²) < 4.78 is 19.9. The van der Waals surface area contributed by atoms with Gasteiger partial charge in [-0.2, -0.15) is 0 Å². The van der Waals surface area contributed by atoms with Crippen LogP contribution in [0.25, 0.3) is 0 Å². The summed E-state index contributed by atoms with van der Waals surface area (Å²) in [5.74, 6) is -0.0106. The zero-order chi connectivity index (χ0) is 14.9. The van der Waals surface area contributed by atoms with E-state index in [0.29, 0.717) is 20.8 Å². The molecule has 0 aliphatic rings. The molecule has 0 saturated carbocycles. The first-order valence-corrected chi connectivity index (χ1v) is 7.95. The molecule has 0 radical (unpaired) electrons. The van der Waals surface area contributed by atoms with E-state index in [4.69, 9.17) is 27.9 Å². The molecule has 0 amide bonds. The van der Waals surface area contributed by atoms with E-state index >= 15 is 0 Å². The van der Waals surface area contributed by atoms with Gasteiger partial charge >= 0.3 is 0 Å². The number of rotatable bonds is 3. The highest BCUT2D eigenvalue weighted by Gasteiger charge is 2.19. The van der Waals surface area contributed by atoms with Gasteiger partial charge in [-0.25, -0.2) is 4.39 Å². The summed E-state index contributed by atoms with van der Waals surface area (Å²) in [7, 11) is 1.48. The van der Waals surface area contributed by atoms with Crippen molar-refractivity contribution >= 4 is 55.1 Å². The van der Waals surface area contributed by atoms with E-state index in [1.165, 1.54) is 13.2 Å². The Kier molecular flexibility index (Phi) is 5.35. The van der Waals surface area contributed by atoms with E-state index < -0.39 is 11.2 Å². The van der Waals surface area contributed by atoms with Gasteiger partial charge in [-0.05, 0) is 45.8 Å². The first kappa shape index (κ1) is 16.1. The Labute approximate surface area is 143 Å². The molecule has 6 heteroatoms. The summed E-state index contributed by atoms with van der Waals surface area (Å²) in [6, 6.07) is 8.31. The monoisotopic (exact) mass is 440 g/mol. The average Bonchev–Trinajstić information content (AvgIpc) is 2.39. The fourth-order valence-electron chi connectivity index (χ4n) is 1.82. The molecule has 0 fully saturated rings. The van der Waals surface area contributed by atoms with Gasteiger partial charge in [0.15, 0.2) is 0 Å². The minimum atomic E-state index is -0.503. The van der Waals surface area contributed by atoms with Crippen molar-refractivity contribution in [2.45, 2.75) is 5.38 Å². The predicted octanol–water partition coefficient (Wildman–Crippen LogP) is 6.34. The van der Waals surface area contributed by atoms with Crippen molar-refractivity contribution in [2.24, 2.45) is 0 Å². The van der Waals surface area contributed by atoms with Crippen LogP contribution in [0.3, 0.4) is 0 Å². The van der Waals surface area contributed by atoms with Crippen LogP contribution in [0.4, 0.5) is 4.39 Å². The van der Waals surface area contributed by atoms with Crippen LogP contribution in [0.1, 0.15) is 16.5 Å². The van der Waals surface area contributed by atoms with Crippen LogP contribution in [-0.2, 0) is 0 Å². The second-order valence-electron chi connectivity index (χ2n) is 4.07. The van der Waals surface area contributed by atoms with E-state index in [1.54, 1.807) is 18.2 Å². The second-order valence-corrected chi connectivity index (χ2v) is 6.72. The molecule has 0 aliphatic carbocycles. The van der Waals surface area contributed by atoms with Crippen molar-refractivity contribution in [3.05, 3.63) is 61.2 Å². The normalized spacial score (nSPS) is 12.3. The summed E-state index contributed by atoms with van der Waals surface area (Å²) in [4.78, 5) is 0. The lowest BCUT2D eigenvalue weighted by atomic mass is 10.0. The fraction of sp³-hybridized carbons (Fsp3) is 0.143. The van der Waals surface area contributed by atoms with Gasteiger partial charge in [-0.15, -0.1) is 11.6 Å². The highest BCUT2D eigenvalue weighted by Crippen LogP contribution is 2.39. The summed E-state index contributed by atoms with van der Waals surface area (Å²) in [5, 5.41) is 0.0667. The topological polar surface area (TPSA) is 9.23 Å². The van der Waals surface area contributed by atoms with Crippen molar-refractivity contribution in [3.63, 3.8) is 0 Å². The van der Waals surface area contributed by atoms with Crippen molar-refractivity contribution in [3.8, 4) is 5.75 Å². The zero-order valence-electron chi connectivity index (χ0n) is 10.3. The minimum Gasteiger partial charge on any atom is -0.496 e. The largest absolute Gasteiger partial charge is 0.496 e. The van der Waals surface area contributed by atoms with E-state index in [9.17, 15) is 4.39 Å². The molecule has 1 atom stereocenters. The fourth-order valence-corrected chi connectivity index (χ4v) is 3.36. The molecule has 0 N–H and O–H groups in total. The standard InChI is InChI=1S/C14H9Br2Cl2FO/c1-20-13-6-12(19)11(16)5-10(13)14(18)7-2-8(15)4-9(17)3-7/h2-6,14H,1H3. The van der Waals surface area contributed by atoms with Gasteiger partial charge in [0.1, 0.15) is 11.6 Å². The molecule has 1 unspecified atom stereocenters. The first-order chi connectivity index (χ1) is 9.42. The highest BCUT2D eigenvalue weighted by molar-refractivity contribution is 9.10. The minimum absolute atomic E-state index is 0.333. The average molecular weight is 443 g/mol. The summed E-state index contributed by atoms with van der Waals surface area (Å²) >= 11 is 19.0. The maximum Gasteiger partial charge on any atom is 0.141 e. The highest BCUT2D eigenvalue weighted by atomic mass is 79.9. The third-order valence-electron chi connectivity index (χ3n) is 2.72. The van der Waals surface area contributed by atoms with Gasteiger partial charge in [-0.3, -0.25) is 0 Å². The molecular formula is C14H9Br2Cl2FO. The van der Waals surface area contributed by atoms with E-state index in [-0.39, 0.29) is 0 Å². The number of benzene rings is 2. The number of hydrogen-bond donors (Lipinski definition) is 0. The van der Waals surface area contributed by atoms with Crippen LogP contribution >= 0.6 is 55.1 Å². The van der Waals surface area contributed by atoms with Gasteiger partial charge < -0.3 is 4.74 Å². The van der Waals surface area contributed by atoms with Crippen molar-refractivity contribution in [1.29, 1.82) is 0 Å². The molecule has 0 aliphatic heterocycles. The molecule has 1 nitrogen and oxygen atoms in total. The number of ether oxygens (including phenoxy) is 1. The van der Waals surface area contributed by atoms with Gasteiger partial charge in [0.25, 0.3) is 0 Å². The maximum absolute atomic E-state index is 13.5. The van der Waals surface area contributed by atoms with Gasteiger partial charge in [0, 0.05) is 21.1 Å². The van der Waals surface area contributed by atoms with Gasteiger partial charge in [0.2, 0.25) is 0 Å². The Morgan fingerprint density at radius 3 is 2.45 bits per heavy atom. The van der Waals surface area contributed by atoms with Crippen LogP contribution in [0, 0.1) is 5.82 Å². The molecule has 2 aromatic rings. The summed E-state index contributed by atoms with van der Waals surface area (Å²) in [6.45, 7) is 0. The molecular weight excluding hydrogens is 434 g/mol. The molecule has 2 aromatic carbocycles. The van der Waals surface area contributed by atoms with Crippen LogP contribution in [-0.4, -0.2) is 7.11 Å². The van der Waals surface area contributed by atoms with Crippen LogP contribution in [0.15, 0.2) is 39.3 Å². The zero-order valence-corrected chi connectivity index (χ0v) is 14.9. The molecule has 0 bridgehead atoms. The van der Waals surface area contributed by atoms with Crippen molar-refractivity contribution in [1.82, 2.24) is 0 Å². The number of halogens is 5.